The molecule has 4 atom stereocenters. The van der Waals surface area contributed by atoms with Crippen LogP contribution in [0.4, 0.5) is 18.0 Å². The van der Waals surface area contributed by atoms with Crippen LogP contribution in [0, 0.1) is 17.3 Å². The van der Waals surface area contributed by atoms with Crippen LogP contribution in [0.1, 0.15) is 88.0 Å². The first-order valence-corrected chi connectivity index (χ1v) is 14.7. The molecule has 0 aromatic carbocycles. The molecule has 44 heavy (non-hydrogen) atoms. The standard InChI is InChI=1S/C25H40F3N5O7.C4H8/c1-12(2)15(21(38)40-24(7,8)25(26,27)28)31-22(39)32-17(23(4,5)6)20(37)33-11-9-10-14(33)19(36)30-13(3)16(34)18(29)35;1-4-2-3-4/h12-15,17H,9-11H2,1-8H3,(H2,29,35)(H,30,36)(H2,31,32,39);4H,2-3H2,1H3. The van der Waals surface area contributed by atoms with Gasteiger partial charge < -0.3 is 31.3 Å². The first kappa shape index (κ1) is 38.6. The number of esters is 1. The highest BCUT2D eigenvalue weighted by atomic mass is 19.4. The quantitative estimate of drug-likeness (QED) is 0.211. The van der Waals surface area contributed by atoms with Crippen LogP contribution < -0.4 is 21.7 Å². The number of carbonyl (C=O) groups excluding carboxylic acids is 6. The van der Waals surface area contributed by atoms with Gasteiger partial charge in [0.25, 0.3) is 5.91 Å². The number of ketones is 1. The maximum absolute atomic E-state index is 13.6. The van der Waals surface area contributed by atoms with Gasteiger partial charge in [-0.3, -0.25) is 19.2 Å². The van der Waals surface area contributed by atoms with Crippen LogP contribution in [-0.4, -0.2) is 82.9 Å². The molecule has 2 fully saturated rings. The molecule has 0 spiro atoms. The van der Waals surface area contributed by atoms with E-state index in [2.05, 4.69) is 27.6 Å². The van der Waals surface area contributed by atoms with Crippen molar-refractivity contribution in [3.63, 3.8) is 0 Å². The lowest BCUT2D eigenvalue weighted by molar-refractivity contribution is -0.258. The van der Waals surface area contributed by atoms with Gasteiger partial charge in [0.15, 0.2) is 0 Å². The van der Waals surface area contributed by atoms with E-state index in [1.165, 1.54) is 38.5 Å². The summed E-state index contributed by atoms with van der Waals surface area (Å²) in [5, 5.41) is 7.15. The maximum atomic E-state index is 13.6. The van der Waals surface area contributed by atoms with Gasteiger partial charge in [-0.25, -0.2) is 9.59 Å². The number of amides is 5. The lowest BCUT2D eigenvalue weighted by Gasteiger charge is -2.36. The Labute approximate surface area is 256 Å². The number of urea groups is 1. The molecule has 5 N–H and O–H groups in total. The summed E-state index contributed by atoms with van der Waals surface area (Å²) >= 11 is 0. The second-order valence-electron chi connectivity index (χ2n) is 13.4. The fourth-order valence-electron chi connectivity index (χ4n) is 4.06. The minimum atomic E-state index is -4.85. The first-order chi connectivity index (χ1) is 19.9. The molecule has 15 heteroatoms. The largest absolute Gasteiger partial charge is 0.448 e. The van der Waals surface area contributed by atoms with E-state index in [1.807, 2.05) is 0 Å². The number of Topliss-reactive ketones (excluding diaryl/α,β-unsaturated/α-hetero) is 1. The Morgan fingerprint density at radius 3 is 1.82 bits per heavy atom. The van der Waals surface area contributed by atoms with Crippen molar-refractivity contribution < 1.29 is 46.7 Å². The van der Waals surface area contributed by atoms with Crippen LogP contribution in [0.25, 0.3) is 0 Å². The van der Waals surface area contributed by atoms with Crippen molar-refractivity contribution in [2.75, 3.05) is 6.54 Å². The van der Waals surface area contributed by atoms with Gasteiger partial charge in [0, 0.05) is 6.54 Å². The third-order valence-corrected chi connectivity index (χ3v) is 7.33. The molecule has 0 bridgehead atoms. The number of ether oxygens (including phenoxy) is 1. The van der Waals surface area contributed by atoms with E-state index in [9.17, 15) is 41.9 Å². The van der Waals surface area contributed by atoms with Crippen LogP contribution in [0.15, 0.2) is 0 Å². The highest BCUT2D eigenvalue weighted by Gasteiger charge is 2.52. The third-order valence-electron chi connectivity index (χ3n) is 7.33. The SMILES string of the molecule is CC(NC(=O)C1CCCN1C(=O)C(NC(=O)NC(C(=O)OC(C)(C)C(F)(F)F)C(C)C)C(C)(C)C)C(=O)C(N)=O.CC1CC1. The number of hydrogen-bond donors (Lipinski definition) is 4. The van der Waals surface area contributed by atoms with Crippen molar-refractivity contribution in [1.82, 2.24) is 20.9 Å². The van der Waals surface area contributed by atoms with Gasteiger partial charge in [-0.2, -0.15) is 13.2 Å². The van der Waals surface area contributed by atoms with E-state index >= 15 is 0 Å². The van der Waals surface area contributed by atoms with E-state index in [1.54, 1.807) is 20.8 Å². The Kier molecular flexibility index (Phi) is 13.2. The Balaban J connectivity index is 0.00000222. The predicted molar refractivity (Wildman–Crippen MR) is 155 cm³/mol. The minimum absolute atomic E-state index is 0.165. The number of likely N-dealkylation sites (tertiary alicyclic amines) is 1. The zero-order chi connectivity index (χ0) is 34.4. The molecule has 1 aliphatic heterocycles. The maximum Gasteiger partial charge on any atom is 0.427 e. The van der Waals surface area contributed by atoms with E-state index in [4.69, 9.17) is 5.73 Å². The molecule has 5 amide bonds. The highest BCUT2D eigenvalue weighted by Crippen LogP contribution is 2.33. The number of hydrogen-bond acceptors (Lipinski definition) is 7. The highest BCUT2D eigenvalue weighted by molar-refractivity contribution is 6.37. The van der Waals surface area contributed by atoms with Gasteiger partial charge in [0.05, 0.1) is 6.04 Å². The summed E-state index contributed by atoms with van der Waals surface area (Å²) in [7, 11) is 0. The summed E-state index contributed by atoms with van der Waals surface area (Å²) in [6.07, 6.45) is -1.17. The summed E-state index contributed by atoms with van der Waals surface area (Å²) in [4.78, 5) is 76.0. The lowest BCUT2D eigenvalue weighted by atomic mass is 9.85. The van der Waals surface area contributed by atoms with Crippen LogP contribution in [0.3, 0.4) is 0 Å². The van der Waals surface area contributed by atoms with Crippen molar-refractivity contribution >= 4 is 35.5 Å². The van der Waals surface area contributed by atoms with Crippen molar-refractivity contribution in [2.24, 2.45) is 23.0 Å². The van der Waals surface area contributed by atoms with E-state index < -0.39 is 82.8 Å². The lowest BCUT2D eigenvalue weighted by Crippen LogP contribution is -2.61. The minimum Gasteiger partial charge on any atom is -0.448 e. The van der Waals surface area contributed by atoms with Gasteiger partial charge in [0.2, 0.25) is 23.2 Å². The summed E-state index contributed by atoms with van der Waals surface area (Å²) in [6.45, 7) is 13.0. The first-order valence-electron chi connectivity index (χ1n) is 14.7. The molecule has 12 nitrogen and oxygen atoms in total. The Morgan fingerprint density at radius 2 is 1.41 bits per heavy atom. The number of halogens is 3. The van der Waals surface area contributed by atoms with Gasteiger partial charge in [-0.15, -0.1) is 0 Å². The van der Waals surface area contributed by atoms with Gasteiger partial charge in [-0.1, -0.05) is 54.4 Å². The number of nitrogens with zero attached hydrogens (tertiary/aromatic N) is 1. The summed E-state index contributed by atoms with van der Waals surface area (Å²) < 4.78 is 44.3. The average Bonchev–Trinajstić information content (AvgIpc) is 3.48. The van der Waals surface area contributed by atoms with Crippen LogP contribution in [0.2, 0.25) is 0 Å². The molecule has 1 aliphatic carbocycles. The molecule has 0 aromatic rings. The van der Waals surface area contributed by atoms with Crippen molar-refractivity contribution in [3.05, 3.63) is 0 Å². The summed E-state index contributed by atoms with van der Waals surface area (Å²) in [5.41, 5.74) is 1.26. The van der Waals surface area contributed by atoms with Gasteiger partial charge in [0.1, 0.15) is 18.1 Å². The molecule has 1 saturated carbocycles. The van der Waals surface area contributed by atoms with Crippen molar-refractivity contribution in [3.8, 4) is 0 Å². The van der Waals surface area contributed by atoms with Crippen LogP contribution in [0.5, 0.6) is 0 Å². The molecular formula is C29H48F3N5O7. The second kappa shape index (κ2) is 15.1. The van der Waals surface area contributed by atoms with Crippen molar-refractivity contribution in [1.29, 1.82) is 0 Å². The van der Waals surface area contributed by atoms with E-state index in [0.717, 1.165) is 5.92 Å². The van der Waals surface area contributed by atoms with E-state index in [0.29, 0.717) is 20.3 Å². The zero-order valence-corrected chi connectivity index (χ0v) is 27.0. The number of nitrogens with one attached hydrogen (secondary N) is 3. The number of carbonyl (C=O) groups is 6. The fraction of sp³-hybridized carbons (Fsp3) is 0.793. The number of primary amides is 1. The van der Waals surface area contributed by atoms with Gasteiger partial charge >= 0.3 is 18.2 Å². The Morgan fingerprint density at radius 1 is 0.886 bits per heavy atom. The number of rotatable bonds is 10. The predicted octanol–water partition coefficient (Wildman–Crippen LogP) is 2.58. The third kappa shape index (κ3) is 11.3. The summed E-state index contributed by atoms with van der Waals surface area (Å²) in [5.74, 6) is -4.42. The molecule has 252 valence electrons. The molecule has 0 aromatic heterocycles. The van der Waals surface area contributed by atoms with Gasteiger partial charge in [-0.05, 0) is 50.9 Å². The molecule has 2 aliphatic rings. The smallest absolute Gasteiger partial charge is 0.427 e. The second-order valence-corrected chi connectivity index (χ2v) is 13.4. The molecular weight excluding hydrogens is 587 g/mol. The zero-order valence-electron chi connectivity index (χ0n) is 27.0. The molecule has 1 heterocycles. The number of nitrogens with two attached hydrogens (primary N) is 1. The molecule has 2 rings (SSSR count). The van der Waals surface area contributed by atoms with E-state index in [-0.39, 0.29) is 13.0 Å². The monoisotopic (exact) mass is 635 g/mol. The number of alkyl halides is 3. The van der Waals surface area contributed by atoms with Crippen LogP contribution >= 0.6 is 0 Å². The normalized spacial score (nSPS) is 19.1. The Hall–Kier alpha value is -3.39. The van der Waals surface area contributed by atoms with Crippen molar-refractivity contribution in [2.45, 2.75) is 124 Å². The summed E-state index contributed by atoms with van der Waals surface area (Å²) in [6, 6.07) is -5.89. The Bertz CT molecular complexity index is 1080. The topological polar surface area (TPSA) is 177 Å². The molecule has 1 saturated heterocycles. The fourth-order valence-corrected chi connectivity index (χ4v) is 4.06. The van der Waals surface area contributed by atoms with Crippen LogP contribution in [-0.2, 0) is 28.7 Å². The molecule has 4 unspecified atom stereocenters. The molecule has 0 radical (unpaired) electrons. The average molecular weight is 636 g/mol.